The van der Waals surface area contributed by atoms with Gasteiger partial charge in [0.25, 0.3) is 0 Å². The van der Waals surface area contributed by atoms with Gasteiger partial charge in [0.15, 0.2) is 0 Å². The van der Waals surface area contributed by atoms with E-state index in [-0.39, 0.29) is 5.97 Å². The summed E-state index contributed by atoms with van der Waals surface area (Å²) in [5, 5.41) is 0. The minimum Gasteiger partial charge on any atom is -0.454 e. The van der Waals surface area contributed by atoms with E-state index in [4.69, 9.17) is 4.74 Å². The fraction of sp³-hybridized carbons (Fsp3) is 0.308. The maximum atomic E-state index is 11.1. The van der Waals surface area contributed by atoms with Crippen LogP contribution in [0, 0.1) is 0 Å². The van der Waals surface area contributed by atoms with Gasteiger partial charge in [0.1, 0.15) is 5.60 Å². The first-order valence-corrected chi connectivity index (χ1v) is 4.94. The van der Waals surface area contributed by atoms with Crippen molar-refractivity contribution in [3.8, 4) is 0 Å². The van der Waals surface area contributed by atoms with Crippen LogP contribution < -0.4 is 0 Å². The van der Waals surface area contributed by atoms with Gasteiger partial charge in [-0.2, -0.15) is 0 Å². The highest BCUT2D eigenvalue weighted by Crippen LogP contribution is 2.29. The summed E-state index contributed by atoms with van der Waals surface area (Å²) >= 11 is 0. The molecule has 2 heteroatoms. The lowest BCUT2D eigenvalue weighted by Crippen LogP contribution is -2.27. The van der Waals surface area contributed by atoms with Crippen molar-refractivity contribution in [2.75, 3.05) is 0 Å². The van der Waals surface area contributed by atoms with Gasteiger partial charge in [0.05, 0.1) is 0 Å². The predicted octanol–water partition coefficient (Wildman–Crippen LogP) is 3.04. The van der Waals surface area contributed by atoms with Crippen molar-refractivity contribution in [3.63, 3.8) is 0 Å². The Morgan fingerprint density at radius 1 is 1.47 bits per heavy atom. The molecule has 0 fully saturated rings. The van der Waals surface area contributed by atoms with Crippen molar-refractivity contribution in [2.24, 2.45) is 0 Å². The average molecular weight is 204 g/mol. The van der Waals surface area contributed by atoms with Gasteiger partial charge in [-0.3, -0.25) is 4.79 Å². The third-order valence-electron chi connectivity index (χ3n) is 2.29. The summed E-state index contributed by atoms with van der Waals surface area (Å²) in [6.45, 7) is 7.00. The Morgan fingerprint density at radius 3 is 2.53 bits per heavy atom. The molecule has 0 heterocycles. The maximum absolute atomic E-state index is 11.1. The Morgan fingerprint density at radius 2 is 2.07 bits per heavy atom. The van der Waals surface area contributed by atoms with Crippen LogP contribution in [-0.4, -0.2) is 5.97 Å². The summed E-state index contributed by atoms with van der Waals surface area (Å²) in [6, 6.07) is 9.70. The van der Waals surface area contributed by atoms with Gasteiger partial charge < -0.3 is 4.74 Å². The topological polar surface area (TPSA) is 26.3 Å². The first kappa shape index (κ1) is 11.5. The highest BCUT2D eigenvalue weighted by atomic mass is 16.6. The van der Waals surface area contributed by atoms with Gasteiger partial charge in [0.2, 0.25) is 0 Å². The molecular weight excluding hydrogens is 188 g/mol. The molecule has 80 valence electrons. The number of carbonyl (C=O) groups excluding carboxylic acids is 1. The van der Waals surface area contributed by atoms with Crippen LogP contribution in [0.15, 0.2) is 43.0 Å². The number of esters is 1. The van der Waals surface area contributed by atoms with E-state index in [1.54, 1.807) is 6.08 Å². The van der Waals surface area contributed by atoms with Crippen molar-refractivity contribution in [2.45, 2.75) is 25.9 Å². The van der Waals surface area contributed by atoms with E-state index >= 15 is 0 Å². The Bertz CT molecular complexity index is 343. The van der Waals surface area contributed by atoms with Crippen molar-refractivity contribution in [3.05, 3.63) is 48.6 Å². The maximum Gasteiger partial charge on any atom is 0.303 e. The lowest BCUT2D eigenvalue weighted by atomic mass is 9.92. The fourth-order valence-electron chi connectivity index (χ4n) is 1.60. The van der Waals surface area contributed by atoms with Gasteiger partial charge in [0, 0.05) is 13.3 Å². The third-order valence-corrected chi connectivity index (χ3v) is 2.29. The van der Waals surface area contributed by atoms with E-state index in [9.17, 15) is 4.79 Å². The van der Waals surface area contributed by atoms with E-state index < -0.39 is 5.60 Å². The average Bonchev–Trinajstić information content (AvgIpc) is 2.18. The van der Waals surface area contributed by atoms with Gasteiger partial charge in [-0.25, -0.2) is 0 Å². The molecule has 15 heavy (non-hydrogen) atoms. The first-order chi connectivity index (χ1) is 7.08. The molecule has 0 saturated heterocycles. The SMILES string of the molecule is C=CC[C@](C)(OC(C)=O)c1ccccc1. The second kappa shape index (κ2) is 4.78. The Labute approximate surface area is 90.6 Å². The summed E-state index contributed by atoms with van der Waals surface area (Å²) in [4.78, 5) is 11.1. The largest absolute Gasteiger partial charge is 0.454 e. The second-order valence-electron chi connectivity index (χ2n) is 3.68. The van der Waals surface area contributed by atoms with Crippen molar-refractivity contribution in [1.82, 2.24) is 0 Å². The number of rotatable bonds is 4. The van der Waals surface area contributed by atoms with E-state index in [1.165, 1.54) is 6.92 Å². The Balaban J connectivity index is 3.00. The zero-order chi connectivity index (χ0) is 11.3. The summed E-state index contributed by atoms with van der Waals surface area (Å²) < 4.78 is 5.35. The van der Waals surface area contributed by atoms with Crippen molar-refractivity contribution in [1.29, 1.82) is 0 Å². The molecule has 0 aliphatic rings. The lowest BCUT2D eigenvalue weighted by Gasteiger charge is -2.28. The van der Waals surface area contributed by atoms with E-state index in [0.717, 1.165) is 5.56 Å². The third kappa shape index (κ3) is 2.94. The van der Waals surface area contributed by atoms with Crippen LogP contribution >= 0.6 is 0 Å². The smallest absolute Gasteiger partial charge is 0.303 e. The monoisotopic (exact) mass is 204 g/mol. The molecular formula is C13H16O2. The minimum atomic E-state index is -0.602. The normalized spacial score (nSPS) is 14.0. The lowest BCUT2D eigenvalue weighted by molar-refractivity contribution is -0.156. The molecule has 0 amide bonds. The quantitative estimate of drug-likeness (QED) is 0.556. The van der Waals surface area contributed by atoms with Crippen LogP contribution in [-0.2, 0) is 15.1 Å². The molecule has 0 spiro atoms. The van der Waals surface area contributed by atoms with Gasteiger partial charge in [-0.1, -0.05) is 36.4 Å². The predicted molar refractivity (Wildman–Crippen MR) is 60.4 cm³/mol. The molecule has 0 bridgehead atoms. The molecule has 2 nitrogen and oxygen atoms in total. The standard InChI is InChI=1S/C13H16O2/c1-4-10-13(3,15-11(2)14)12-8-6-5-7-9-12/h4-9H,1,10H2,2-3H3/t13-/m0/s1. The van der Waals surface area contributed by atoms with Crippen LogP contribution in [0.1, 0.15) is 25.8 Å². The fourth-order valence-corrected chi connectivity index (χ4v) is 1.60. The number of hydrogen-bond acceptors (Lipinski definition) is 2. The molecule has 0 aliphatic heterocycles. The highest BCUT2D eigenvalue weighted by molar-refractivity contribution is 5.66. The highest BCUT2D eigenvalue weighted by Gasteiger charge is 2.28. The van der Waals surface area contributed by atoms with Gasteiger partial charge in [-0.15, -0.1) is 6.58 Å². The molecule has 1 aromatic carbocycles. The molecule has 1 atom stereocenters. The molecule has 1 aromatic rings. The summed E-state index contributed by atoms with van der Waals surface area (Å²) in [6.07, 6.45) is 2.37. The number of benzene rings is 1. The first-order valence-electron chi connectivity index (χ1n) is 4.94. The van der Waals surface area contributed by atoms with Crippen molar-refractivity contribution < 1.29 is 9.53 Å². The van der Waals surface area contributed by atoms with Gasteiger partial charge >= 0.3 is 5.97 Å². The van der Waals surface area contributed by atoms with E-state index in [2.05, 4.69) is 6.58 Å². The minimum absolute atomic E-state index is 0.275. The zero-order valence-electron chi connectivity index (χ0n) is 9.19. The zero-order valence-corrected chi connectivity index (χ0v) is 9.19. The molecule has 0 aliphatic carbocycles. The summed E-state index contributed by atoms with van der Waals surface area (Å²) in [5.74, 6) is -0.275. The molecule has 0 saturated carbocycles. The van der Waals surface area contributed by atoms with Crippen LogP contribution in [0.2, 0.25) is 0 Å². The molecule has 0 aromatic heterocycles. The molecule has 0 unspecified atom stereocenters. The molecule has 1 rings (SSSR count). The Hall–Kier alpha value is -1.57. The summed E-state index contributed by atoms with van der Waals surface area (Å²) in [5.41, 5.74) is 0.384. The molecule has 0 radical (unpaired) electrons. The van der Waals surface area contributed by atoms with Crippen LogP contribution in [0.3, 0.4) is 0 Å². The second-order valence-corrected chi connectivity index (χ2v) is 3.68. The van der Waals surface area contributed by atoms with E-state index in [0.29, 0.717) is 6.42 Å². The van der Waals surface area contributed by atoms with Crippen LogP contribution in [0.25, 0.3) is 0 Å². The van der Waals surface area contributed by atoms with E-state index in [1.807, 2.05) is 37.3 Å². The summed E-state index contributed by atoms with van der Waals surface area (Å²) in [7, 11) is 0. The number of carbonyl (C=O) groups is 1. The van der Waals surface area contributed by atoms with Crippen LogP contribution in [0.5, 0.6) is 0 Å². The van der Waals surface area contributed by atoms with Crippen molar-refractivity contribution >= 4 is 5.97 Å². The van der Waals surface area contributed by atoms with Crippen LogP contribution in [0.4, 0.5) is 0 Å². The molecule has 0 N–H and O–H groups in total. The number of ether oxygens (including phenoxy) is 1. The number of hydrogen-bond donors (Lipinski definition) is 0. The van der Waals surface area contributed by atoms with Gasteiger partial charge in [-0.05, 0) is 12.5 Å². The Kier molecular flexibility index (Phi) is 3.67.